The number of hydrazine groups is 1. The summed E-state index contributed by atoms with van der Waals surface area (Å²) in [7, 11) is 1.72. The van der Waals surface area contributed by atoms with Gasteiger partial charge in [0, 0.05) is 130 Å². The Labute approximate surface area is 461 Å². The Morgan fingerprint density at radius 3 is 2.56 bits per heavy atom. The van der Waals surface area contributed by atoms with Crippen LogP contribution in [0.1, 0.15) is 114 Å². The van der Waals surface area contributed by atoms with Gasteiger partial charge in [-0.15, -0.1) is 0 Å². The van der Waals surface area contributed by atoms with E-state index in [2.05, 4.69) is 67.1 Å². The fraction of sp³-hybridized carbons (Fsp3) is 0.610. The number of nitrogens with one attached hydrogen (secondary N) is 2. The number of benzene rings is 1. The first-order valence-electron chi connectivity index (χ1n) is 28.8. The standard InChI is InChI=1S/C59H76FN11O8/c1-35-49(45-12-16-61-34-63-45)50(35)55(72)65-52-54(69-18-13-38(60)31-69)56-64-47(32-78-56)37-8-11-48-42(27-37)44(29-59(3,4)33-79-58(74)46-7-6-17-71(66-46)57(52)73)53(70(48)23-26-77-41-14-24-76-25-15-41)43-28-40(30-62-51(43)36(2)75-5)68-21-19-67(20-22-68)39-9-10-39/h8,11-12,16,27-28,30,32,34-36,38-39,41,46,49-50,52,54,66H,6-7,9-10,13-15,17-26,29,31,33H2,1-5H3,(H,65,72)/t35-,36-,38+,46-,49-,50+,52-,54-/m0/s1. The Balaban J connectivity index is 0.992. The van der Waals surface area contributed by atoms with Gasteiger partial charge in [0.15, 0.2) is 0 Å². The van der Waals surface area contributed by atoms with Crippen LogP contribution in [0.25, 0.3) is 33.4 Å². The Morgan fingerprint density at radius 1 is 0.987 bits per heavy atom. The van der Waals surface area contributed by atoms with Gasteiger partial charge >= 0.3 is 5.97 Å². The molecule has 6 bridgehead atoms. The predicted molar refractivity (Wildman–Crippen MR) is 292 cm³/mol. The van der Waals surface area contributed by atoms with Crippen LogP contribution in [0.15, 0.2) is 59.7 Å². The number of piperazine rings is 1. The van der Waals surface area contributed by atoms with Crippen LogP contribution in [0, 0.1) is 17.3 Å². The summed E-state index contributed by atoms with van der Waals surface area (Å²) >= 11 is 0. The van der Waals surface area contributed by atoms with E-state index in [1.807, 2.05) is 37.1 Å². The summed E-state index contributed by atoms with van der Waals surface area (Å²) in [6.45, 7) is 15.1. The van der Waals surface area contributed by atoms with E-state index >= 15 is 9.18 Å². The summed E-state index contributed by atoms with van der Waals surface area (Å²) in [6.07, 6.45) is 11.2. The molecule has 2 amide bonds. The number of ether oxygens (including phenoxy) is 4. The van der Waals surface area contributed by atoms with Crippen molar-refractivity contribution in [3.05, 3.63) is 78.2 Å². The van der Waals surface area contributed by atoms with Gasteiger partial charge in [0.1, 0.15) is 42.6 Å². The largest absolute Gasteiger partial charge is 0.464 e. The molecule has 5 aliphatic heterocycles. The molecule has 4 aromatic heterocycles. The zero-order valence-corrected chi connectivity index (χ0v) is 46.3. The lowest BCUT2D eigenvalue weighted by Gasteiger charge is -2.38. The third-order valence-corrected chi connectivity index (χ3v) is 17.8. The number of amides is 2. The van der Waals surface area contributed by atoms with E-state index in [1.54, 1.807) is 19.6 Å². The third-order valence-electron chi connectivity index (χ3n) is 17.8. The number of nitrogens with zero attached hydrogens (tertiary/aromatic N) is 9. The number of rotatable bonds is 13. The maximum Gasteiger partial charge on any atom is 0.324 e. The molecule has 0 radical (unpaired) electrons. The summed E-state index contributed by atoms with van der Waals surface area (Å²) < 4.78 is 49.1. The highest BCUT2D eigenvalue weighted by atomic mass is 19.1. The lowest BCUT2D eigenvalue weighted by Crippen LogP contribution is -2.62. The molecular weight excluding hydrogens is 1010 g/mol. The molecule has 0 unspecified atom stereocenters. The Bertz CT molecular complexity index is 3010. The zero-order valence-electron chi connectivity index (χ0n) is 46.3. The molecule has 4 saturated heterocycles. The van der Waals surface area contributed by atoms with Gasteiger partial charge in [-0.1, -0.05) is 26.8 Å². The third kappa shape index (κ3) is 11.2. The summed E-state index contributed by atoms with van der Waals surface area (Å²) in [6, 6.07) is 7.99. The Morgan fingerprint density at radius 2 is 1.81 bits per heavy atom. The first kappa shape index (κ1) is 53.7. The van der Waals surface area contributed by atoms with Crippen molar-refractivity contribution in [1.29, 1.82) is 0 Å². The second kappa shape index (κ2) is 22.6. The van der Waals surface area contributed by atoms with Crippen LogP contribution >= 0.6 is 0 Å². The number of carbonyl (C=O) groups is 3. The molecule has 2 N–H and O–H groups in total. The molecule has 0 spiro atoms. The van der Waals surface area contributed by atoms with Crippen molar-refractivity contribution < 1.29 is 42.1 Å². The maximum atomic E-state index is 15.5. The van der Waals surface area contributed by atoms with E-state index < -0.39 is 47.5 Å². The molecule has 12 rings (SSSR count). The van der Waals surface area contributed by atoms with Gasteiger partial charge in [0.05, 0.1) is 48.7 Å². The van der Waals surface area contributed by atoms with Crippen LogP contribution in [0.5, 0.6) is 0 Å². The monoisotopic (exact) mass is 1090 g/mol. The van der Waals surface area contributed by atoms with Gasteiger partial charge in [0.25, 0.3) is 5.91 Å². The fourth-order valence-corrected chi connectivity index (χ4v) is 13.1. The van der Waals surface area contributed by atoms with E-state index in [1.165, 1.54) is 24.2 Å². The smallest absolute Gasteiger partial charge is 0.324 e. The van der Waals surface area contributed by atoms with E-state index in [9.17, 15) is 9.59 Å². The molecule has 422 valence electrons. The van der Waals surface area contributed by atoms with Crippen molar-refractivity contribution >= 4 is 34.4 Å². The van der Waals surface area contributed by atoms with E-state index in [-0.39, 0.29) is 62.0 Å². The lowest BCUT2D eigenvalue weighted by molar-refractivity contribution is -0.156. The second-order valence-corrected chi connectivity index (χ2v) is 23.8. The number of methoxy groups -OCH3 is 1. The summed E-state index contributed by atoms with van der Waals surface area (Å²) in [5.41, 5.74) is 10.5. The Kier molecular flexibility index (Phi) is 15.3. The minimum absolute atomic E-state index is 0.00381. The molecule has 9 heterocycles. The summed E-state index contributed by atoms with van der Waals surface area (Å²) in [5, 5.41) is 5.54. The van der Waals surface area contributed by atoms with Gasteiger partial charge in [-0.3, -0.25) is 34.2 Å². The van der Waals surface area contributed by atoms with Gasteiger partial charge in [-0.05, 0) is 94.0 Å². The molecule has 2 aliphatic carbocycles. The van der Waals surface area contributed by atoms with Crippen molar-refractivity contribution in [3.8, 4) is 22.5 Å². The average molecular weight is 1090 g/mol. The van der Waals surface area contributed by atoms with E-state index in [0.29, 0.717) is 63.9 Å². The van der Waals surface area contributed by atoms with Crippen LogP contribution in [0.4, 0.5) is 10.1 Å². The summed E-state index contributed by atoms with van der Waals surface area (Å²) in [4.78, 5) is 70.2. The van der Waals surface area contributed by atoms with Crippen LogP contribution in [0.2, 0.25) is 0 Å². The number of pyridine rings is 1. The van der Waals surface area contributed by atoms with Crippen LogP contribution in [0.3, 0.4) is 0 Å². The van der Waals surface area contributed by atoms with Crippen molar-refractivity contribution in [2.75, 3.05) is 84.3 Å². The lowest BCUT2D eigenvalue weighted by atomic mass is 9.84. The molecule has 5 aromatic rings. The number of carbonyl (C=O) groups excluding carboxylic acids is 3. The number of likely N-dealkylation sites (tertiary alicyclic amines) is 1. The molecule has 6 fully saturated rings. The average Bonchev–Trinajstić information content (AvgIpc) is 4.50. The minimum atomic E-state index is -1.28. The SMILES string of the molecule is CO[C@@H](C)c1ncc(N2CCN(C3CC3)CC2)cc1-c1c2c3cc(ccc3n1CCOC1CCOCC1)-c1coc(n1)[C@@H](N1CC[C@@H](F)C1)[C@H](NC(=O)[C@@H]1[C@@H](C)[C@H]1c1ccncn1)C(=O)N1CCC[C@H](N1)C(=O)OCC(C)(C)C2. The minimum Gasteiger partial charge on any atom is -0.464 e. The first-order valence-corrected chi connectivity index (χ1v) is 28.8. The van der Waals surface area contributed by atoms with Gasteiger partial charge in [0.2, 0.25) is 11.8 Å². The molecule has 2 saturated carbocycles. The van der Waals surface area contributed by atoms with Crippen LogP contribution in [-0.4, -0.2) is 167 Å². The number of cyclic esters (lactones) is 1. The molecule has 79 heavy (non-hydrogen) atoms. The number of fused-ring (bicyclic) bond motifs is 6. The number of esters is 1. The molecular formula is C59H76FN11O8. The number of alkyl halides is 1. The number of hydrogen-bond donors (Lipinski definition) is 2. The number of hydrogen-bond acceptors (Lipinski definition) is 16. The predicted octanol–water partition coefficient (Wildman–Crippen LogP) is 6.58. The molecule has 8 atom stereocenters. The van der Waals surface area contributed by atoms with Gasteiger partial charge < -0.3 is 38.1 Å². The van der Waals surface area contributed by atoms with Crippen molar-refractivity contribution in [2.45, 2.75) is 134 Å². The normalized spacial score (nSPS) is 27.7. The van der Waals surface area contributed by atoms with Crippen LogP contribution < -0.4 is 15.6 Å². The second-order valence-electron chi connectivity index (χ2n) is 23.8. The Hall–Kier alpha value is -5.90. The van der Waals surface area contributed by atoms with E-state index in [0.717, 1.165) is 89.4 Å². The van der Waals surface area contributed by atoms with Gasteiger partial charge in [-0.25, -0.2) is 24.8 Å². The molecule has 19 nitrogen and oxygen atoms in total. The quantitative estimate of drug-likeness (QED) is 0.120. The number of anilines is 1. The van der Waals surface area contributed by atoms with Crippen molar-refractivity contribution in [3.63, 3.8) is 0 Å². The fourth-order valence-electron chi connectivity index (χ4n) is 13.1. The summed E-state index contributed by atoms with van der Waals surface area (Å²) in [5.74, 6) is -1.87. The maximum absolute atomic E-state index is 15.5. The topological polar surface area (TPSA) is 195 Å². The molecule has 20 heteroatoms. The number of oxazole rings is 1. The molecule has 1 aromatic carbocycles. The van der Waals surface area contributed by atoms with Crippen molar-refractivity contribution in [1.82, 2.24) is 50.1 Å². The highest BCUT2D eigenvalue weighted by Crippen LogP contribution is 2.53. The number of aromatic nitrogens is 5. The zero-order chi connectivity index (χ0) is 54.5. The number of halogens is 1. The van der Waals surface area contributed by atoms with Crippen LogP contribution in [-0.2, 0) is 46.3 Å². The highest BCUT2D eigenvalue weighted by Gasteiger charge is 2.55. The van der Waals surface area contributed by atoms with E-state index in [4.69, 9.17) is 33.3 Å². The van der Waals surface area contributed by atoms with Crippen molar-refractivity contribution in [2.24, 2.45) is 17.3 Å². The van der Waals surface area contributed by atoms with Gasteiger partial charge in [-0.2, -0.15) is 0 Å². The first-order chi connectivity index (χ1) is 38.3. The highest BCUT2D eigenvalue weighted by molar-refractivity contribution is 5.96. The molecule has 7 aliphatic rings.